The number of morpholine rings is 1. The lowest BCUT2D eigenvalue weighted by atomic mass is 10.1. The number of nitrogens with one attached hydrogen (secondary N) is 1. The largest absolute Gasteiger partial charge is 0.378 e. The molecular weight excluding hydrogens is 351 g/mol. The van der Waals surface area contributed by atoms with Gasteiger partial charge in [-0.05, 0) is 30.9 Å². The Labute approximate surface area is 151 Å². The van der Waals surface area contributed by atoms with Gasteiger partial charge in [-0.15, -0.1) is 0 Å². The summed E-state index contributed by atoms with van der Waals surface area (Å²) in [5.41, 5.74) is 0.900. The topological polar surface area (TPSA) is 58.6 Å². The molecule has 0 unspecified atom stereocenters. The zero-order valence-corrected chi connectivity index (χ0v) is 14.9. The van der Waals surface area contributed by atoms with Crippen LogP contribution in [0.5, 0.6) is 0 Å². The van der Waals surface area contributed by atoms with Crippen molar-refractivity contribution in [1.29, 1.82) is 0 Å². The van der Waals surface area contributed by atoms with Crippen molar-refractivity contribution in [3.63, 3.8) is 0 Å². The number of carbonyl (C=O) groups excluding carboxylic acids is 2. The summed E-state index contributed by atoms with van der Waals surface area (Å²) in [6.07, 6.45) is 0.727. The van der Waals surface area contributed by atoms with Crippen LogP contribution in [0, 0.1) is 5.92 Å². The van der Waals surface area contributed by atoms with Gasteiger partial charge in [0.05, 0.1) is 23.3 Å². The zero-order valence-electron chi connectivity index (χ0n) is 13.4. The first-order valence-electron chi connectivity index (χ1n) is 8.10. The minimum atomic E-state index is -0.535. The fourth-order valence-electron chi connectivity index (χ4n) is 3.08. The molecule has 2 fully saturated rings. The molecule has 1 aliphatic carbocycles. The maximum atomic E-state index is 12.4. The van der Waals surface area contributed by atoms with Crippen LogP contribution in [0.3, 0.4) is 0 Å². The molecule has 1 N–H and O–H groups in total. The molecular formula is C17H20Cl2N2O3. The summed E-state index contributed by atoms with van der Waals surface area (Å²) in [5.74, 6) is -0.252. The van der Waals surface area contributed by atoms with E-state index in [0.717, 1.165) is 12.0 Å². The highest BCUT2D eigenvalue weighted by Gasteiger charge is 2.45. The van der Waals surface area contributed by atoms with Crippen LogP contribution in [0.1, 0.15) is 24.8 Å². The Kier molecular flexibility index (Phi) is 5.33. The van der Waals surface area contributed by atoms with Gasteiger partial charge in [-0.2, -0.15) is 0 Å². The maximum Gasteiger partial charge on any atom is 0.245 e. The number of benzene rings is 1. The molecule has 2 aliphatic rings. The van der Waals surface area contributed by atoms with Crippen LogP contribution in [0.25, 0.3) is 0 Å². The summed E-state index contributed by atoms with van der Waals surface area (Å²) < 4.78 is 5.24. The third-order valence-electron chi connectivity index (χ3n) is 4.56. The van der Waals surface area contributed by atoms with Crippen LogP contribution in [-0.2, 0) is 14.3 Å². The molecule has 7 heteroatoms. The van der Waals surface area contributed by atoms with Gasteiger partial charge in [0.2, 0.25) is 11.8 Å². The predicted molar refractivity (Wildman–Crippen MR) is 92.3 cm³/mol. The standard InChI is InChI=1S/C17H20Cl2N2O3/c1-10(17(23)21-5-7-24-8-6-21)20-16(22)13-9-12(13)11-3-2-4-14(18)15(11)19/h2-4,10,12-13H,5-9H2,1H3,(H,20,22)/t10-,12-,13-/m0/s1. The quantitative estimate of drug-likeness (QED) is 0.885. The summed E-state index contributed by atoms with van der Waals surface area (Å²) in [6.45, 7) is 3.96. The van der Waals surface area contributed by atoms with Crippen molar-refractivity contribution >= 4 is 35.0 Å². The summed E-state index contributed by atoms with van der Waals surface area (Å²) in [7, 11) is 0. The van der Waals surface area contributed by atoms with Crippen molar-refractivity contribution in [3.05, 3.63) is 33.8 Å². The first-order chi connectivity index (χ1) is 11.5. The number of halogens is 2. The van der Waals surface area contributed by atoms with Crippen molar-refractivity contribution in [2.24, 2.45) is 5.92 Å². The lowest BCUT2D eigenvalue weighted by Crippen LogP contribution is -2.50. The van der Waals surface area contributed by atoms with E-state index < -0.39 is 6.04 Å². The smallest absolute Gasteiger partial charge is 0.245 e. The Bertz CT molecular complexity index is 647. The highest BCUT2D eigenvalue weighted by molar-refractivity contribution is 6.42. The Hall–Kier alpha value is -1.30. The van der Waals surface area contributed by atoms with E-state index in [0.29, 0.717) is 36.3 Å². The minimum absolute atomic E-state index is 0.0652. The molecule has 130 valence electrons. The fraction of sp³-hybridized carbons (Fsp3) is 0.529. The van der Waals surface area contributed by atoms with E-state index >= 15 is 0 Å². The molecule has 0 aromatic heterocycles. The highest BCUT2D eigenvalue weighted by atomic mass is 35.5. The third-order valence-corrected chi connectivity index (χ3v) is 5.39. The first-order valence-corrected chi connectivity index (χ1v) is 8.85. The molecule has 5 nitrogen and oxygen atoms in total. The molecule has 3 rings (SSSR count). The van der Waals surface area contributed by atoms with Gasteiger partial charge >= 0.3 is 0 Å². The van der Waals surface area contributed by atoms with Crippen LogP contribution in [-0.4, -0.2) is 49.1 Å². The zero-order chi connectivity index (χ0) is 17.3. The van der Waals surface area contributed by atoms with Crippen molar-refractivity contribution in [3.8, 4) is 0 Å². The van der Waals surface area contributed by atoms with Gasteiger partial charge in [-0.1, -0.05) is 35.3 Å². The number of hydrogen-bond acceptors (Lipinski definition) is 3. The van der Waals surface area contributed by atoms with Gasteiger partial charge in [-0.3, -0.25) is 9.59 Å². The molecule has 1 saturated heterocycles. The maximum absolute atomic E-state index is 12.4. The van der Waals surface area contributed by atoms with E-state index in [-0.39, 0.29) is 23.7 Å². The van der Waals surface area contributed by atoms with E-state index in [1.54, 1.807) is 17.9 Å². The van der Waals surface area contributed by atoms with E-state index in [1.807, 2.05) is 12.1 Å². The first kappa shape index (κ1) is 17.5. The predicted octanol–water partition coefficient (Wildman–Crippen LogP) is 2.46. The molecule has 1 aromatic carbocycles. The van der Waals surface area contributed by atoms with Gasteiger partial charge < -0.3 is 15.0 Å². The molecule has 3 atom stereocenters. The van der Waals surface area contributed by atoms with Crippen molar-refractivity contribution in [2.45, 2.75) is 25.3 Å². The lowest BCUT2D eigenvalue weighted by molar-refractivity contribution is -0.139. The van der Waals surface area contributed by atoms with Crippen molar-refractivity contribution < 1.29 is 14.3 Å². The SMILES string of the molecule is C[C@H](NC(=O)[C@H]1C[C@H]1c1cccc(Cl)c1Cl)C(=O)N1CCOCC1. The molecule has 1 heterocycles. The summed E-state index contributed by atoms with van der Waals surface area (Å²) in [5, 5.41) is 3.83. The molecule has 0 radical (unpaired) electrons. The normalized spacial score (nSPS) is 24.4. The molecule has 2 amide bonds. The molecule has 0 bridgehead atoms. The summed E-state index contributed by atoms with van der Waals surface area (Å²) >= 11 is 12.3. The Morgan fingerprint density at radius 2 is 2.00 bits per heavy atom. The fourth-order valence-corrected chi connectivity index (χ4v) is 3.52. The Balaban J connectivity index is 1.56. The number of amides is 2. The Morgan fingerprint density at radius 3 is 2.71 bits per heavy atom. The minimum Gasteiger partial charge on any atom is -0.378 e. The molecule has 1 saturated carbocycles. The van der Waals surface area contributed by atoms with E-state index in [4.69, 9.17) is 27.9 Å². The molecule has 1 aliphatic heterocycles. The second-order valence-electron chi connectivity index (χ2n) is 6.26. The summed E-state index contributed by atoms with van der Waals surface area (Å²) in [6, 6.07) is 4.93. The average molecular weight is 371 g/mol. The monoisotopic (exact) mass is 370 g/mol. The molecule has 24 heavy (non-hydrogen) atoms. The molecule has 1 aromatic rings. The average Bonchev–Trinajstić information content (AvgIpc) is 3.38. The Morgan fingerprint density at radius 1 is 1.29 bits per heavy atom. The highest BCUT2D eigenvalue weighted by Crippen LogP contribution is 2.50. The van der Waals surface area contributed by atoms with Gasteiger partial charge in [0.1, 0.15) is 6.04 Å². The van der Waals surface area contributed by atoms with Gasteiger partial charge in [0.15, 0.2) is 0 Å². The van der Waals surface area contributed by atoms with Crippen LogP contribution < -0.4 is 5.32 Å². The third kappa shape index (κ3) is 3.68. The summed E-state index contributed by atoms with van der Waals surface area (Å²) in [4.78, 5) is 26.5. The number of hydrogen-bond donors (Lipinski definition) is 1. The second kappa shape index (κ2) is 7.30. The number of ether oxygens (including phenoxy) is 1. The number of carbonyl (C=O) groups is 2. The van der Waals surface area contributed by atoms with Crippen molar-refractivity contribution in [2.75, 3.05) is 26.3 Å². The van der Waals surface area contributed by atoms with Crippen molar-refractivity contribution in [1.82, 2.24) is 10.2 Å². The van der Waals surface area contributed by atoms with Crippen LogP contribution in [0.4, 0.5) is 0 Å². The lowest BCUT2D eigenvalue weighted by Gasteiger charge is -2.29. The van der Waals surface area contributed by atoms with Crippen LogP contribution in [0.15, 0.2) is 18.2 Å². The van der Waals surface area contributed by atoms with Gasteiger partial charge in [0, 0.05) is 19.0 Å². The number of rotatable bonds is 4. The second-order valence-corrected chi connectivity index (χ2v) is 7.04. The van der Waals surface area contributed by atoms with E-state index in [1.165, 1.54) is 0 Å². The van der Waals surface area contributed by atoms with Gasteiger partial charge in [-0.25, -0.2) is 0 Å². The van der Waals surface area contributed by atoms with Crippen LogP contribution in [0.2, 0.25) is 10.0 Å². The number of nitrogens with zero attached hydrogens (tertiary/aromatic N) is 1. The van der Waals surface area contributed by atoms with E-state index in [9.17, 15) is 9.59 Å². The molecule has 0 spiro atoms. The van der Waals surface area contributed by atoms with Gasteiger partial charge in [0.25, 0.3) is 0 Å². The van der Waals surface area contributed by atoms with Crippen LogP contribution >= 0.6 is 23.2 Å². The van der Waals surface area contributed by atoms with E-state index in [2.05, 4.69) is 5.32 Å².